The lowest BCUT2D eigenvalue weighted by Crippen LogP contribution is -2.14. The Morgan fingerprint density at radius 3 is 2.07 bits per heavy atom. The van der Waals surface area contributed by atoms with E-state index in [4.69, 9.17) is 28.4 Å². The molecule has 0 N–H and O–H groups in total. The van der Waals surface area contributed by atoms with E-state index in [9.17, 15) is 0 Å². The molecule has 3 heterocycles. The van der Waals surface area contributed by atoms with Crippen molar-refractivity contribution >= 4 is 0 Å². The van der Waals surface area contributed by atoms with E-state index in [1.807, 2.05) is 30.3 Å². The first-order valence-corrected chi connectivity index (χ1v) is 9.13. The molecule has 142 valence electrons. The second-order valence-corrected chi connectivity index (χ2v) is 7.06. The lowest BCUT2D eigenvalue weighted by molar-refractivity contribution is 0.0191. The number of hydrogen-bond donors (Lipinski definition) is 0. The maximum atomic E-state index is 6.19. The Kier molecular flexibility index (Phi) is 4.10. The molecule has 2 aromatic rings. The Morgan fingerprint density at radius 2 is 1.37 bits per heavy atom. The summed E-state index contributed by atoms with van der Waals surface area (Å²) < 4.78 is 34.1. The molecule has 0 bridgehead atoms. The van der Waals surface area contributed by atoms with Gasteiger partial charge in [-0.15, -0.1) is 0 Å². The molecule has 0 unspecified atom stereocenters. The van der Waals surface area contributed by atoms with Crippen LogP contribution in [-0.2, 0) is 9.47 Å². The van der Waals surface area contributed by atoms with Gasteiger partial charge in [0.15, 0.2) is 23.0 Å². The van der Waals surface area contributed by atoms with Gasteiger partial charge in [-0.1, -0.05) is 12.1 Å². The van der Waals surface area contributed by atoms with Gasteiger partial charge in [-0.3, -0.25) is 0 Å². The maximum Gasteiger partial charge on any atom is 0.231 e. The minimum Gasteiger partial charge on any atom is -0.493 e. The third-order valence-electron chi connectivity index (χ3n) is 5.73. The fourth-order valence-corrected chi connectivity index (χ4v) is 4.35. The molecular formula is C21H22O6. The fraction of sp³-hybridized carbons (Fsp3) is 0.429. The van der Waals surface area contributed by atoms with Crippen molar-refractivity contribution in [3.63, 3.8) is 0 Å². The second-order valence-electron chi connectivity index (χ2n) is 7.06. The molecule has 27 heavy (non-hydrogen) atoms. The summed E-state index contributed by atoms with van der Waals surface area (Å²) in [6, 6.07) is 12.0. The average molecular weight is 370 g/mol. The van der Waals surface area contributed by atoms with Gasteiger partial charge in [0, 0.05) is 11.8 Å². The third kappa shape index (κ3) is 2.71. The van der Waals surface area contributed by atoms with Gasteiger partial charge < -0.3 is 28.4 Å². The highest BCUT2D eigenvalue weighted by molar-refractivity contribution is 5.46. The van der Waals surface area contributed by atoms with Gasteiger partial charge in [0.2, 0.25) is 6.79 Å². The van der Waals surface area contributed by atoms with E-state index >= 15 is 0 Å². The van der Waals surface area contributed by atoms with Gasteiger partial charge in [0.1, 0.15) is 0 Å². The highest BCUT2D eigenvalue weighted by Crippen LogP contribution is 2.51. The second kappa shape index (κ2) is 6.62. The van der Waals surface area contributed by atoms with Crippen LogP contribution in [0.25, 0.3) is 0 Å². The van der Waals surface area contributed by atoms with Gasteiger partial charge in [-0.05, 0) is 35.4 Å². The zero-order valence-corrected chi connectivity index (χ0v) is 15.3. The number of benzene rings is 2. The molecule has 4 atom stereocenters. The Morgan fingerprint density at radius 1 is 0.741 bits per heavy atom. The van der Waals surface area contributed by atoms with Crippen molar-refractivity contribution in [3.8, 4) is 23.0 Å². The van der Waals surface area contributed by atoms with Gasteiger partial charge in [0.25, 0.3) is 0 Å². The minimum absolute atomic E-state index is 0.00573. The smallest absolute Gasteiger partial charge is 0.231 e. The molecule has 2 fully saturated rings. The van der Waals surface area contributed by atoms with Gasteiger partial charge in [-0.25, -0.2) is 0 Å². The largest absolute Gasteiger partial charge is 0.493 e. The number of methoxy groups -OCH3 is 2. The third-order valence-corrected chi connectivity index (χ3v) is 5.73. The van der Waals surface area contributed by atoms with Crippen LogP contribution in [0.15, 0.2) is 36.4 Å². The topological polar surface area (TPSA) is 55.4 Å². The summed E-state index contributed by atoms with van der Waals surface area (Å²) in [7, 11) is 3.29. The van der Waals surface area contributed by atoms with Crippen LogP contribution in [0.1, 0.15) is 23.3 Å². The Balaban J connectivity index is 1.39. The molecule has 2 saturated heterocycles. The predicted molar refractivity (Wildman–Crippen MR) is 96.5 cm³/mol. The Hall–Kier alpha value is -2.44. The van der Waals surface area contributed by atoms with Crippen molar-refractivity contribution in [3.05, 3.63) is 47.5 Å². The molecule has 3 aliphatic heterocycles. The molecule has 0 radical (unpaired) electrons. The molecule has 0 saturated carbocycles. The van der Waals surface area contributed by atoms with Crippen molar-refractivity contribution in [1.82, 2.24) is 0 Å². The summed E-state index contributed by atoms with van der Waals surface area (Å²) >= 11 is 0. The van der Waals surface area contributed by atoms with Gasteiger partial charge in [-0.2, -0.15) is 0 Å². The van der Waals surface area contributed by atoms with E-state index < -0.39 is 0 Å². The molecule has 0 aliphatic carbocycles. The van der Waals surface area contributed by atoms with E-state index in [1.165, 1.54) is 0 Å². The van der Waals surface area contributed by atoms with Crippen molar-refractivity contribution < 1.29 is 28.4 Å². The summed E-state index contributed by atoms with van der Waals surface area (Å²) in [4.78, 5) is 0. The van der Waals surface area contributed by atoms with Crippen LogP contribution >= 0.6 is 0 Å². The first-order chi connectivity index (χ1) is 13.3. The van der Waals surface area contributed by atoms with Crippen LogP contribution in [0.5, 0.6) is 23.0 Å². The zero-order valence-electron chi connectivity index (χ0n) is 15.3. The molecule has 0 amide bonds. The standard InChI is InChI=1S/C21H22O6/c1-22-16-5-3-12(7-18(16)23-2)20-14-9-25-21(15(14)10-24-20)13-4-6-17-19(8-13)27-11-26-17/h3-8,14-15,20-21H,9-11H2,1-2H3/t14-,15+,20-,21-/m0/s1. The summed E-state index contributed by atoms with van der Waals surface area (Å²) in [5, 5.41) is 0. The first-order valence-electron chi connectivity index (χ1n) is 9.13. The molecule has 3 aliphatic rings. The maximum absolute atomic E-state index is 6.19. The highest BCUT2D eigenvalue weighted by Gasteiger charge is 2.48. The van der Waals surface area contributed by atoms with E-state index in [1.54, 1.807) is 14.2 Å². The van der Waals surface area contributed by atoms with Gasteiger partial charge >= 0.3 is 0 Å². The summed E-state index contributed by atoms with van der Waals surface area (Å²) in [5.74, 6) is 3.63. The lowest BCUT2D eigenvalue weighted by Gasteiger charge is -2.18. The quantitative estimate of drug-likeness (QED) is 0.821. The highest BCUT2D eigenvalue weighted by atomic mass is 16.7. The van der Waals surface area contributed by atoms with E-state index in [0.717, 1.165) is 28.4 Å². The number of fused-ring (bicyclic) bond motifs is 2. The molecule has 0 spiro atoms. The van der Waals surface area contributed by atoms with Crippen molar-refractivity contribution in [2.75, 3.05) is 34.2 Å². The van der Waals surface area contributed by atoms with E-state index in [0.29, 0.717) is 30.8 Å². The lowest BCUT2D eigenvalue weighted by atomic mass is 9.85. The number of rotatable bonds is 4. The van der Waals surface area contributed by atoms with E-state index in [-0.39, 0.29) is 19.0 Å². The van der Waals surface area contributed by atoms with Crippen molar-refractivity contribution in [2.24, 2.45) is 11.8 Å². The monoisotopic (exact) mass is 370 g/mol. The predicted octanol–water partition coefficient (Wildman–Crippen LogP) is 3.51. The fourth-order valence-electron chi connectivity index (χ4n) is 4.35. The van der Waals surface area contributed by atoms with Crippen molar-refractivity contribution in [2.45, 2.75) is 12.2 Å². The normalized spacial score (nSPS) is 28.2. The molecular weight excluding hydrogens is 348 g/mol. The molecule has 5 rings (SSSR count). The van der Waals surface area contributed by atoms with Crippen LogP contribution in [0.4, 0.5) is 0 Å². The summed E-state index contributed by atoms with van der Waals surface area (Å²) in [5.41, 5.74) is 2.21. The molecule has 6 heteroatoms. The SMILES string of the molecule is COc1ccc([C@@H]2OC[C@@H]3[C@@H]2CO[C@H]3c2ccc3c(c2)OCO3)cc1OC. The van der Waals surface area contributed by atoms with Crippen LogP contribution in [0.3, 0.4) is 0 Å². The number of hydrogen-bond acceptors (Lipinski definition) is 6. The van der Waals surface area contributed by atoms with Crippen molar-refractivity contribution in [1.29, 1.82) is 0 Å². The van der Waals surface area contributed by atoms with Gasteiger partial charge in [0.05, 0.1) is 39.6 Å². The minimum atomic E-state index is -0.00573. The van der Waals surface area contributed by atoms with Crippen LogP contribution in [-0.4, -0.2) is 34.2 Å². The average Bonchev–Trinajstić information content (AvgIpc) is 3.42. The molecule has 6 nitrogen and oxygen atoms in total. The number of ether oxygens (including phenoxy) is 6. The van der Waals surface area contributed by atoms with Crippen LogP contribution in [0, 0.1) is 11.8 Å². The first kappa shape index (κ1) is 16.7. The van der Waals surface area contributed by atoms with Crippen LogP contribution < -0.4 is 18.9 Å². The Bertz CT molecular complexity index is 851. The summed E-state index contributed by atoms with van der Waals surface area (Å²) in [6.07, 6.45) is 0.00320. The molecule has 2 aromatic carbocycles. The summed E-state index contributed by atoms with van der Waals surface area (Å²) in [6.45, 7) is 1.62. The van der Waals surface area contributed by atoms with E-state index in [2.05, 4.69) is 6.07 Å². The zero-order chi connectivity index (χ0) is 18.4. The molecule has 0 aromatic heterocycles. The Labute approximate surface area is 157 Å². The van der Waals surface area contributed by atoms with Crippen LogP contribution in [0.2, 0.25) is 0 Å².